The number of hydrogen-bond donors (Lipinski definition) is 3. The molecule has 0 saturated heterocycles. The van der Waals surface area contributed by atoms with E-state index in [-0.39, 0.29) is 10.8 Å². The molecule has 0 spiro atoms. The molecular formula is C31H30N4O5S. The zero-order chi connectivity index (χ0) is 29.2. The highest BCUT2D eigenvalue weighted by Crippen LogP contribution is 2.32. The van der Waals surface area contributed by atoms with Crippen molar-refractivity contribution in [3.05, 3.63) is 119 Å². The highest BCUT2D eigenvalue weighted by atomic mass is 32.2. The third kappa shape index (κ3) is 8.08. The lowest BCUT2D eigenvalue weighted by Gasteiger charge is -2.21. The molecule has 4 rings (SSSR count). The first-order chi connectivity index (χ1) is 19.8. The van der Waals surface area contributed by atoms with Gasteiger partial charge in [-0.2, -0.15) is 5.26 Å². The van der Waals surface area contributed by atoms with Crippen molar-refractivity contribution in [1.82, 2.24) is 5.32 Å². The van der Waals surface area contributed by atoms with Gasteiger partial charge in [-0.05, 0) is 71.6 Å². The summed E-state index contributed by atoms with van der Waals surface area (Å²) in [5.74, 6) is 0.740. The fourth-order valence-corrected chi connectivity index (χ4v) is 4.62. The summed E-state index contributed by atoms with van der Waals surface area (Å²) < 4.78 is 34.5. The van der Waals surface area contributed by atoms with E-state index < -0.39 is 16.1 Å². The summed E-state index contributed by atoms with van der Waals surface area (Å²) in [7, 11) is -2.23. The minimum absolute atomic E-state index is 0.0297. The molecule has 0 radical (unpaired) electrons. The summed E-state index contributed by atoms with van der Waals surface area (Å²) in [6.45, 7) is 0.677. The molecule has 4 aromatic carbocycles. The van der Waals surface area contributed by atoms with E-state index in [9.17, 15) is 13.2 Å². The van der Waals surface area contributed by atoms with E-state index in [1.165, 1.54) is 12.1 Å². The third-order valence-electron chi connectivity index (χ3n) is 6.31. The number of rotatable bonds is 12. The van der Waals surface area contributed by atoms with Gasteiger partial charge in [-0.1, -0.05) is 48.5 Å². The van der Waals surface area contributed by atoms with Crippen LogP contribution >= 0.6 is 0 Å². The SMILES string of the molecule is COc1cc([C@H](Nc2ccc(C#N)cc2)C(=O)NCCc2ccc(S(N)(=O)=O)cc2)ccc1OCc1ccccc1. The van der Waals surface area contributed by atoms with Crippen molar-refractivity contribution in [2.24, 2.45) is 5.14 Å². The molecule has 1 atom stereocenters. The Morgan fingerprint density at radius 1 is 0.927 bits per heavy atom. The maximum atomic E-state index is 13.4. The molecule has 210 valence electrons. The fraction of sp³-hybridized carbons (Fsp3) is 0.161. The quantitative estimate of drug-likeness (QED) is 0.230. The maximum absolute atomic E-state index is 13.4. The molecule has 0 aliphatic rings. The minimum atomic E-state index is -3.77. The minimum Gasteiger partial charge on any atom is -0.493 e. The van der Waals surface area contributed by atoms with Crippen LogP contribution in [-0.2, 0) is 27.8 Å². The molecule has 0 aliphatic heterocycles. The van der Waals surface area contributed by atoms with Crippen LogP contribution in [0.15, 0.2) is 102 Å². The number of methoxy groups -OCH3 is 1. The van der Waals surface area contributed by atoms with Crippen LogP contribution in [0.4, 0.5) is 5.69 Å². The van der Waals surface area contributed by atoms with Crippen molar-refractivity contribution in [3.63, 3.8) is 0 Å². The first-order valence-electron chi connectivity index (χ1n) is 12.8. The Morgan fingerprint density at radius 3 is 2.27 bits per heavy atom. The lowest BCUT2D eigenvalue weighted by molar-refractivity contribution is -0.121. The summed E-state index contributed by atoms with van der Waals surface area (Å²) >= 11 is 0. The number of nitrogens with zero attached hydrogens (tertiary/aromatic N) is 1. The van der Waals surface area contributed by atoms with Gasteiger partial charge < -0.3 is 20.1 Å². The van der Waals surface area contributed by atoms with Gasteiger partial charge in [0.25, 0.3) is 0 Å². The van der Waals surface area contributed by atoms with Gasteiger partial charge in [0.1, 0.15) is 12.6 Å². The van der Waals surface area contributed by atoms with Gasteiger partial charge >= 0.3 is 0 Å². The summed E-state index contributed by atoms with van der Waals surface area (Å²) in [5, 5.41) is 20.5. The number of carbonyl (C=O) groups excluding carboxylic acids is 1. The Hall–Kier alpha value is -4.85. The summed E-state index contributed by atoms with van der Waals surface area (Å²) in [5.41, 5.74) is 3.67. The molecule has 1 amide bonds. The van der Waals surface area contributed by atoms with Crippen molar-refractivity contribution >= 4 is 21.6 Å². The molecule has 4 N–H and O–H groups in total. The van der Waals surface area contributed by atoms with Gasteiger partial charge in [-0.15, -0.1) is 0 Å². The largest absolute Gasteiger partial charge is 0.493 e. The molecular weight excluding hydrogens is 540 g/mol. The predicted octanol–water partition coefficient (Wildman–Crippen LogP) is 4.31. The van der Waals surface area contributed by atoms with Crippen LogP contribution in [0, 0.1) is 11.3 Å². The van der Waals surface area contributed by atoms with Crippen molar-refractivity contribution in [2.45, 2.75) is 24.0 Å². The molecule has 10 heteroatoms. The lowest BCUT2D eigenvalue weighted by atomic mass is 10.0. The molecule has 0 aliphatic carbocycles. The first-order valence-corrected chi connectivity index (χ1v) is 14.3. The number of primary sulfonamides is 1. The number of anilines is 1. The lowest BCUT2D eigenvalue weighted by Crippen LogP contribution is -2.34. The average molecular weight is 571 g/mol. The molecule has 0 bridgehead atoms. The summed E-state index contributed by atoms with van der Waals surface area (Å²) in [6.07, 6.45) is 0.482. The molecule has 41 heavy (non-hydrogen) atoms. The van der Waals surface area contributed by atoms with Crippen LogP contribution < -0.4 is 25.2 Å². The number of benzene rings is 4. The summed E-state index contributed by atoms with van der Waals surface area (Å²) in [6, 6.07) is 29.4. The highest BCUT2D eigenvalue weighted by Gasteiger charge is 2.22. The predicted molar refractivity (Wildman–Crippen MR) is 156 cm³/mol. The molecule has 9 nitrogen and oxygen atoms in total. The number of nitrogens with one attached hydrogen (secondary N) is 2. The first kappa shape index (κ1) is 29.1. The second-order valence-corrected chi connectivity index (χ2v) is 10.7. The van der Waals surface area contributed by atoms with Crippen LogP contribution in [0.3, 0.4) is 0 Å². The van der Waals surface area contributed by atoms with Crippen molar-refractivity contribution in [2.75, 3.05) is 19.0 Å². The van der Waals surface area contributed by atoms with Crippen molar-refractivity contribution < 1.29 is 22.7 Å². The number of ether oxygens (including phenoxy) is 2. The topological polar surface area (TPSA) is 144 Å². The normalized spacial score (nSPS) is 11.6. The van der Waals surface area contributed by atoms with E-state index >= 15 is 0 Å². The zero-order valence-electron chi connectivity index (χ0n) is 22.4. The van der Waals surface area contributed by atoms with Gasteiger partial charge in [0.15, 0.2) is 11.5 Å². The van der Waals surface area contributed by atoms with Gasteiger partial charge in [0.05, 0.1) is 23.6 Å². The molecule has 0 unspecified atom stereocenters. The van der Waals surface area contributed by atoms with E-state index in [4.69, 9.17) is 19.9 Å². The van der Waals surface area contributed by atoms with Crippen molar-refractivity contribution in [1.29, 1.82) is 5.26 Å². The number of nitriles is 1. The number of carbonyl (C=O) groups is 1. The van der Waals surface area contributed by atoms with Gasteiger partial charge in [0, 0.05) is 12.2 Å². The van der Waals surface area contributed by atoms with E-state index in [2.05, 4.69) is 16.7 Å². The molecule has 0 saturated carbocycles. The van der Waals surface area contributed by atoms with E-state index in [0.717, 1.165) is 11.1 Å². The maximum Gasteiger partial charge on any atom is 0.247 e. The monoisotopic (exact) mass is 570 g/mol. The van der Waals surface area contributed by atoms with Gasteiger partial charge in [-0.3, -0.25) is 4.79 Å². The standard InChI is InChI=1S/C31H30N4O5S/c1-39-29-19-25(11-16-28(29)40-21-24-5-3-2-4-6-24)30(35-26-12-7-23(20-32)8-13-26)31(36)34-18-17-22-9-14-27(15-10-22)41(33,37)38/h2-16,19,30,35H,17-18,21H2,1H3,(H,34,36)(H2,33,37,38)/t30-/m0/s1. The molecule has 0 fully saturated rings. The van der Waals surface area contributed by atoms with Crippen LogP contribution in [0.25, 0.3) is 0 Å². The van der Waals surface area contributed by atoms with Crippen LogP contribution in [-0.4, -0.2) is 28.0 Å². The Morgan fingerprint density at radius 2 is 1.63 bits per heavy atom. The molecule has 0 heterocycles. The Bertz CT molecular complexity index is 1620. The number of hydrogen-bond acceptors (Lipinski definition) is 7. The Kier molecular flexibility index (Phi) is 9.58. The van der Waals surface area contributed by atoms with Crippen LogP contribution in [0.5, 0.6) is 11.5 Å². The Balaban J connectivity index is 1.51. The van der Waals surface area contributed by atoms with Gasteiger partial charge in [0.2, 0.25) is 15.9 Å². The van der Waals surface area contributed by atoms with Gasteiger partial charge in [-0.25, -0.2) is 13.6 Å². The van der Waals surface area contributed by atoms with Crippen LogP contribution in [0.2, 0.25) is 0 Å². The second-order valence-electron chi connectivity index (χ2n) is 9.18. The smallest absolute Gasteiger partial charge is 0.247 e. The van der Waals surface area contributed by atoms with Crippen LogP contribution in [0.1, 0.15) is 28.3 Å². The highest BCUT2D eigenvalue weighted by molar-refractivity contribution is 7.89. The van der Waals surface area contributed by atoms with E-state index in [0.29, 0.717) is 47.9 Å². The molecule has 4 aromatic rings. The average Bonchev–Trinajstić information content (AvgIpc) is 2.99. The van der Waals surface area contributed by atoms with E-state index in [1.54, 1.807) is 61.7 Å². The molecule has 0 aromatic heterocycles. The Labute approximate surface area is 239 Å². The summed E-state index contributed by atoms with van der Waals surface area (Å²) in [4.78, 5) is 13.5. The number of sulfonamides is 1. The number of amides is 1. The van der Waals surface area contributed by atoms with E-state index in [1.807, 2.05) is 30.3 Å². The second kappa shape index (κ2) is 13.5. The third-order valence-corrected chi connectivity index (χ3v) is 7.24. The fourth-order valence-electron chi connectivity index (χ4n) is 4.10. The zero-order valence-corrected chi connectivity index (χ0v) is 23.2. The number of nitrogens with two attached hydrogens (primary N) is 1. The van der Waals surface area contributed by atoms with Crippen molar-refractivity contribution in [3.8, 4) is 17.6 Å².